The number of hydrogen-bond donors (Lipinski definition) is 0. The van der Waals surface area contributed by atoms with E-state index in [0.29, 0.717) is 29.1 Å². The van der Waals surface area contributed by atoms with Crippen LogP contribution in [-0.2, 0) is 6.42 Å². The summed E-state index contributed by atoms with van der Waals surface area (Å²) in [6.45, 7) is 0.432. The zero-order valence-electron chi connectivity index (χ0n) is 16.8. The lowest BCUT2D eigenvalue weighted by Crippen LogP contribution is -2.25. The van der Waals surface area contributed by atoms with Crippen LogP contribution >= 0.6 is 0 Å². The highest BCUT2D eigenvalue weighted by Crippen LogP contribution is 2.37. The Hall–Kier alpha value is -3.98. The van der Waals surface area contributed by atoms with Crippen molar-refractivity contribution in [3.8, 4) is 17.6 Å². The van der Waals surface area contributed by atoms with E-state index in [-0.39, 0.29) is 0 Å². The molecule has 0 radical (unpaired) electrons. The minimum absolute atomic E-state index is 0.364. The van der Waals surface area contributed by atoms with Crippen molar-refractivity contribution in [1.29, 1.82) is 5.26 Å². The number of ether oxygens (including phenoxy) is 2. The third-order valence-electron chi connectivity index (χ3n) is 4.85. The van der Waals surface area contributed by atoms with Gasteiger partial charge in [-0.25, -0.2) is 4.79 Å². The second-order valence-corrected chi connectivity index (χ2v) is 7.10. The summed E-state index contributed by atoms with van der Waals surface area (Å²) in [6.07, 6.45) is 2.12. The summed E-state index contributed by atoms with van der Waals surface area (Å²) in [7, 11) is 3.25. The molecule has 4 rings (SSSR count). The molecule has 4 aromatic rings. The van der Waals surface area contributed by atoms with Crippen LogP contribution in [0.1, 0.15) is 11.1 Å². The topological polar surface area (TPSA) is 67.0 Å². The van der Waals surface area contributed by atoms with Crippen LogP contribution in [-0.4, -0.2) is 36.1 Å². The van der Waals surface area contributed by atoms with Gasteiger partial charge in [-0.15, -0.1) is 0 Å². The maximum atomic E-state index is 12.1. The van der Waals surface area contributed by atoms with Gasteiger partial charge in [-0.2, -0.15) is 5.26 Å². The molecule has 0 atom stereocenters. The molecule has 0 aliphatic heterocycles. The Morgan fingerprint density at radius 1 is 1.07 bits per heavy atom. The van der Waals surface area contributed by atoms with Crippen molar-refractivity contribution >= 4 is 22.5 Å². The average molecular weight is 399 g/mol. The highest BCUT2D eigenvalue weighted by atomic mass is 16.6. The molecule has 1 amide bonds. The van der Waals surface area contributed by atoms with Gasteiger partial charge < -0.3 is 18.8 Å². The molecule has 2 aromatic carbocycles. The van der Waals surface area contributed by atoms with E-state index in [4.69, 9.17) is 9.47 Å². The second-order valence-electron chi connectivity index (χ2n) is 7.10. The first-order chi connectivity index (χ1) is 14.6. The normalized spacial score (nSPS) is 10.7. The summed E-state index contributed by atoms with van der Waals surface area (Å²) in [5, 5.41) is 10.5. The van der Waals surface area contributed by atoms with Crippen LogP contribution in [0, 0.1) is 11.3 Å². The van der Waals surface area contributed by atoms with Crippen molar-refractivity contribution < 1.29 is 14.3 Å². The van der Waals surface area contributed by atoms with Gasteiger partial charge in [-0.05, 0) is 17.7 Å². The SMILES string of the molecule is CN(C)C(=O)Oc1cc(OCCc2ccccc2)c2c(C#N)c3ccccn3c2c1. The molecule has 0 unspecified atom stereocenters. The lowest BCUT2D eigenvalue weighted by Gasteiger charge is -2.13. The standard InChI is InChI=1S/C24H21N3O3/c1-26(2)24(28)30-18-14-21-23(19(16-25)20-10-6-7-12-27(20)21)22(15-18)29-13-11-17-8-4-3-5-9-17/h3-10,12,14-15H,11,13H2,1-2H3. The Bertz CT molecular complexity index is 1250. The predicted molar refractivity (Wildman–Crippen MR) is 115 cm³/mol. The first-order valence-corrected chi connectivity index (χ1v) is 9.61. The van der Waals surface area contributed by atoms with Crippen LogP contribution in [0.4, 0.5) is 4.79 Å². The second kappa shape index (κ2) is 8.18. The van der Waals surface area contributed by atoms with Crippen molar-refractivity contribution in [2.75, 3.05) is 20.7 Å². The third kappa shape index (κ3) is 3.65. The predicted octanol–water partition coefficient (Wildman–Crippen LogP) is 4.65. The fraction of sp³-hybridized carbons (Fsp3) is 0.167. The summed E-state index contributed by atoms with van der Waals surface area (Å²) in [5.74, 6) is 0.883. The number of carbonyl (C=O) groups is 1. The van der Waals surface area contributed by atoms with Crippen molar-refractivity contribution in [3.63, 3.8) is 0 Å². The van der Waals surface area contributed by atoms with E-state index in [9.17, 15) is 10.1 Å². The number of hydrogen-bond acceptors (Lipinski definition) is 4. The number of amides is 1. The molecule has 0 aliphatic carbocycles. The molecule has 0 bridgehead atoms. The molecule has 0 fully saturated rings. The molecule has 0 saturated carbocycles. The van der Waals surface area contributed by atoms with E-state index < -0.39 is 6.09 Å². The number of nitrogens with zero attached hydrogens (tertiary/aromatic N) is 3. The smallest absolute Gasteiger partial charge is 0.414 e. The molecule has 2 aromatic heterocycles. The summed E-state index contributed by atoms with van der Waals surface area (Å²) in [5.41, 5.74) is 3.22. The van der Waals surface area contributed by atoms with Gasteiger partial charge in [0.05, 0.1) is 28.6 Å². The molecule has 6 nitrogen and oxygen atoms in total. The number of pyridine rings is 1. The molecule has 6 heteroatoms. The lowest BCUT2D eigenvalue weighted by atomic mass is 10.1. The van der Waals surface area contributed by atoms with Crippen molar-refractivity contribution in [3.05, 3.63) is 78.0 Å². The van der Waals surface area contributed by atoms with E-state index in [1.165, 1.54) is 4.90 Å². The first-order valence-electron chi connectivity index (χ1n) is 9.61. The molecular formula is C24H21N3O3. The maximum absolute atomic E-state index is 12.1. The lowest BCUT2D eigenvalue weighted by molar-refractivity contribution is 0.172. The molecule has 0 aliphatic rings. The zero-order valence-corrected chi connectivity index (χ0v) is 16.8. The fourth-order valence-electron chi connectivity index (χ4n) is 3.40. The number of nitriles is 1. The van der Waals surface area contributed by atoms with Gasteiger partial charge in [0.15, 0.2) is 0 Å². The number of rotatable bonds is 5. The molecule has 0 N–H and O–H groups in total. The van der Waals surface area contributed by atoms with Crippen LogP contribution in [0.5, 0.6) is 11.5 Å². The van der Waals surface area contributed by atoms with Crippen LogP contribution in [0.15, 0.2) is 66.9 Å². The van der Waals surface area contributed by atoms with E-state index in [1.54, 1.807) is 26.2 Å². The monoisotopic (exact) mass is 399 g/mol. The molecule has 0 spiro atoms. The Morgan fingerprint density at radius 2 is 1.83 bits per heavy atom. The van der Waals surface area contributed by atoms with Crippen LogP contribution < -0.4 is 9.47 Å². The molecule has 30 heavy (non-hydrogen) atoms. The molecular weight excluding hydrogens is 378 g/mol. The van der Waals surface area contributed by atoms with Crippen LogP contribution in [0.3, 0.4) is 0 Å². The highest BCUT2D eigenvalue weighted by Gasteiger charge is 2.19. The van der Waals surface area contributed by atoms with Crippen molar-refractivity contribution in [2.45, 2.75) is 6.42 Å². The van der Waals surface area contributed by atoms with Gasteiger partial charge in [0.25, 0.3) is 0 Å². The maximum Gasteiger partial charge on any atom is 0.414 e. The van der Waals surface area contributed by atoms with Gasteiger partial charge in [0, 0.05) is 38.8 Å². The van der Waals surface area contributed by atoms with Crippen LogP contribution in [0.2, 0.25) is 0 Å². The number of fused-ring (bicyclic) bond motifs is 3. The quantitative estimate of drug-likeness (QED) is 0.490. The summed E-state index contributed by atoms with van der Waals surface area (Å²) < 4.78 is 13.5. The number of benzene rings is 2. The van der Waals surface area contributed by atoms with Gasteiger partial charge in [-0.3, -0.25) is 0 Å². The van der Waals surface area contributed by atoms with Gasteiger partial charge in [-0.1, -0.05) is 36.4 Å². The fourth-order valence-corrected chi connectivity index (χ4v) is 3.40. The van der Waals surface area contributed by atoms with Crippen LogP contribution in [0.25, 0.3) is 16.4 Å². The minimum Gasteiger partial charge on any atom is -0.492 e. The Kier molecular flexibility index (Phi) is 5.27. The molecule has 2 heterocycles. The summed E-state index contributed by atoms with van der Waals surface area (Å²) in [4.78, 5) is 13.4. The van der Waals surface area contributed by atoms with E-state index in [1.807, 2.05) is 59.1 Å². The largest absolute Gasteiger partial charge is 0.492 e. The van der Waals surface area contributed by atoms with E-state index >= 15 is 0 Å². The number of aromatic nitrogens is 1. The minimum atomic E-state index is -0.481. The van der Waals surface area contributed by atoms with Gasteiger partial charge in [0.2, 0.25) is 0 Å². The summed E-state index contributed by atoms with van der Waals surface area (Å²) in [6, 6.07) is 21.4. The van der Waals surface area contributed by atoms with E-state index in [0.717, 1.165) is 23.0 Å². The number of carbonyl (C=O) groups excluding carboxylic acids is 1. The highest BCUT2D eigenvalue weighted by molar-refractivity contribution is 6.00. The van der Waals surface area contributed by atoms with Gasteiger partial charge >= 0.3 is 6.09 Å². The molecule has 0 saturated heterocycles. The Balaban J connectivity index is 1.79. The summed E-state index contributed by atoms with van der Waals surface area (Å²) >= 11 is 0. The first kappa shape index (κ1) is 19.3. The Labute approximate surface area is 174 Å². The van der Waals surface area contributed by atoms with E-state index in [2.05, 4.69) is 6.07 Å². The van der Waals surface area contributed by atoms with Crippen molar-refractivity contribution in [2.24, 2.45) is 0 Å². The van der Waals surface area contributed by atoms with Gasteiger partial charge in [0.1, 0.15) is 17.6 Å². The Morgan fingerprint density at radius 3 is 2.57 bits per heavy atom. The van der Waals surface area contributed by atoms with Crippen molar-refractivity contribution in [1.82, 2.24) is 9.30 Å². The third-order valence-corrected chi connectivity index (χ3v) is 4.85. The average Bonchev–Trinajstić information content (AvgIpc) is 3.08. The zero-order chi connectivity index (χ0) is 21.1. The molecule has 150 valence electrons.